The summed E-state index contributed by atoms with van der Waals surface area (Å²) in [5, 5.41) is 8.70. The number of hydrogen-bond acceptors (Lipinski definition) is 3. The third kappa shape index (κ3) is 1.45. The van der Waals surface area contributed by atoms with Crippen LogP contribution in [0, 0.1) is 10.8 Å². The average molecular weight is 179 g/mol. The number of ether oxygens (including phenoxy) is 1. The van der Waals surface area contributed by atoms with Crippen molar-refractivity contribution in [2.45, 2.75) is 13.0 Å². The molecular formula is C9H11N2O2+. The van der Waals surface area contributed by atoms with Crippen LogP contribution in [0.15, 0.2) is 24.3 Å². The van der Waals surface area contributed by atoms with E-state index in [-0.39, 0.29) is 0 Å². The topological polar surface area (TPSA) is 54.5 Å². The summed E-state index contributed by atoms with van der Waals surface area (Å²) in [5.41, 5.74) is -0.891. The molecule has 0 aromatic heterocycles. The van der Waals surface area contributed by atoms with E-state index < -0.39 is 17.4 Å². The zero-order valence-electron chi connectivity index (χ0n) is 7.60. The van der Waals surface area contributed by atoms with Gasteiger partial charge in [0.25, 0.3) is 0 Å². The molecule has 0 saturated carbocycles. The lowest BCUT2D eigenvalue weighted by atomic mass is 9.80. The van der Waals surface area contributed by atoms with E-state index in [4.69, 9.17) is 5.39 Å². The number of carbonyl (C=O) groups excluding carboxylic acids is 1. The molecule has 1 aliphatic rings. The van der Waals surface area contributed by atoms with Crippen molar-refractivity contribution in [3.63, 3.8) is 0 Å². The largest absolute Gasteiger partial charge is 0.468 e. The Balaban J connectivity index is 3.01. The summed E-state index contributed by atoms with van der Waals surface area (Å²) in [6.45, 7) is 1.67. The summed E-state index contributed by atoms with van der Waals surface area (Å²) in [4.78, 5) is 14.5. The van der Waals surface area contributed by atoms with E-state index in [1.165, 1.54) is 7.11 Å². The predicted octanol–water partition coefficient (Wildman–Crippen LogP) is 1.51. The molecule has 4 nitrogen and oxygen atoms in total. The molecule has 0 radical (unpaired) electrons. The lowest BCUT2D eigenvalue weighted by Crippen LogP contribution is -2.37. The van der Waals surface area contributed by atoms with Gasteiger partial charge >= 0.3 is 12.0 Å². The fourth-order valence-electron chi connectivity index (χ4n) is 1.29. The lowest BCUT2D eigenvalue weighted by molar-refractivity contribution is -0.149. The molecule has 0 heterocycles. The Morgan fingerprint density at radius 1 is 1.62 bits per heavy atom. The van der Waals surface area contributed by atoms with Crippen molar-refractivity contribution in [3.05, 3.63) is 29.3 Å². The van der Waals surface area contributed by atoms with Crippen molar-refractivity contribution in [2.75, 3.05) is 7.11 Å². The van der Waals surface area contributed by atoms with Gasteiger partial charge in [0.05, 0.1) is 7.11 Å². The Hall–Kier alpha value is -1.63. The molecule has 0 aromatic rings. The molecule has 2 atom stereocenters. The number of diazo groups is 1. The van der Waals surface area contributed by atoms with Gasteiger partial charge in [-0.15, -0.1) is 0 Å². The van der Waals surface area contributed by atoms with E-state index >= 15 is 0 Å². The van der Waals surface area contributed by atoms with Crippen LogP contribution in [0.2, 0.25) is 0 Å². The molecule has 0 amide bonds. The molecule has 1 rings (SSSR count). The van der Waals surface area contributed by atoms with Gasteiger partial charge in [0.2, 0.25) is 5.39 Å². The van der Waals surface area contributed by atoms with Crippen LogP contribution >= 0.6 is 0 Å². The number of methoxy groups -OCH3 is 1. The van der Waals surface area contributed by atoms with E-state index in [1.807, 2.05) is 0 Å². The minimum Gasteiger partial charge on any atom is -0.468 e. The number of rotatable bonds is 1. The van der Waals surface area contributed by atoms with Crippen molar-refractivity contribution in [2.24, 2.45) is 5.41 Å². The molecule has 2 unspecified atom stereocenters. The molecule has 0 fully saturated rings. The molecule has 0 bridgehead atoms. The van der Waals surface area contributed by atoms with Crippen LogP contribution in [-0.4, -0.2) is 19.1 Å². The second-order valence-electron chi connectivity index (χ2n) is 3.08. The van der Waals surface area contributed by atoms with E-state index in [1.54, 1.807) is 31.2 Å². The van der Waals surface area contributed by atoms with Crippen LogP contribution < -0.4 is 0 Å². The van der Waals surface area contributed by atoms with Gasteiger partial charge in [0.15, 0.2) is 5.41 Å². The van der Waals surface area contributed by atoms with Gasteiger partial charge < -0.3 is 4.74 Å². The summed E-state index contributed by atoms with van der Waals surface area (Å²) < 4.78 is 4.63. The lowest BCUT2D eigenvalue weighted by Gasteiger charge is -2.20. The molecule has 0 N–H and O–H groups in total. The zero-order valence-corrected chi connectivity index (χ0v) is 7.60. The van der Waals surface area contributed by atoms with Gasteiger partial charge in [-0.25, -0.2) is 0 Å². The first-order chi connectivity index (χ1) is 6.15. The van der Waals surface area contributed by atoms with Crippen LogP contribution in [0.1, 0.15) is 6.92 Å². The van der Waals surface area contributed by atoms with Gasteiger partial charge in [0, 0.05) is 6.08 Å². The quantitative estimate of drug-likeness (QED) is 0.453. The SMILES string of the molecule is COC(=O)C1(C)C=CC=CC1[N+]#N. The van der Waals surface area contributed by atoms with Gasteiger partial charge in [-0.05, 0) is 6.92 Å². The monoisotopic (exact) mass is 179 g/mol. The van der Waals surface area contributed by atoms with Gasteiger partial charge in [-0.2, -0.15) is 0 Å². The maximum absolute atomic E-state index is 11.4. The second kappa shape index (κ2) is 3.40. The number of nitrogens with zero attached hydrogens (tertiary/aromatic N) is 2. The molecule has 4 heteroatoms. The van der Waals surface area contributed by atoms with Crippen molar-refractivity contribution >= 4 is 5.97 Å². The fraction of sp³-hybridized carbons (Fsp3) is 0.444. The molecular weight excluding hydrogens is 168 g/mol. The Labute approximate surface area is 76.5 Å². The predicted molar refractivity (Wildman–Crippen MR) is 47.3 cm³/mol. The minimum absolute atomic E-state index is 0.407. The summed E-state index contributed by atoms with van der Waals surface area (Å²) >= 11 is 0. The van der Waals surface area contributed by atoms with Gasteiger partial charge in [-0.3, -0.25) is 4.79 Å². The molecule has 68 valence electrons. The second-order valence-corrected chi connectivity index (χ2v) is 3.08. The molecule has 0 spiro atoms. The van der Waals surface area contributed by atoms with Crippen molar-refractivity contribution < 1.29 is 9.53 Å². The van der Waals surface area contributed by atoms with Crippen LogP contribution in [0.4, 0.5) is 0 Å². The van der Waals surface area contributed by atoms with E-state index in [0.717, 1.165) is 0 Å². The molecule has 13 heavy (non-hydrogen) atoms. The van der Waals surface area contributed by atoms with Gasteiger partial charge in [0.1, 0.15) is 4.98 Å². The maximum atomic E-state index is 11.4. The Morgan fingerprint density at radius 2 is 2.31 bits per heavy atom. The highest BCUT2D eigenvalue weighted by atomic mass is 16.5. The first-order valence-corrected chi connectivity index (χ1v) is 3.94. The number of esters is 1. The molecule has 0 aromatic carbocycles. The van der Waals surface area contributed by atoms with Crippen LogP contribution in [-0.2, 0) is 9.53 Å². The summed E-state index contributed by atoms with van der Waals surface area (Å²) in [5.74, 6) is -0.407. The average Bonchev–Trinajstić information content (AvgIpc) is 2.17. The van der Waals surface area contributed by atoms with Crippen LogP contribution in [0.5, 0.6) is 0 Å². The fourth-order valence-corrected chi connectivity index (χ4v) is 1.29. The van der Waals surface area contributed by atoms with E-state index in [9.17, 15) is 4.79 Å². The molecule has 0 aliphatic heterocycles. The van der Waals surface area contributed by atoms with Crippen molar-refractivity contribution in [1.82, 2.24) is 0 Å². The smallest absolute Gasteiger partial charge is 0.351 e. The van der Waals surface area contributed by atoms with E-state index in [0.29, 0.717) is 0 Å². The number of hydrogen-bond donors (Lipinski definition) is 0. The highest BCUT2D eigenvalue weighted by Crippen LogP contribution is 2.31. The van der Waals surface area contributed by atoms with Gasteiger partial charge in [-0.1, -0.05) is 18.2 Å². The normalized spacial score (nSPS) is 31.0. The number of allylic oxidation sites excluding steroid dienone is 2. The first-order valence-electron chi connectivity index (χ1n) is 3.94. The Morgan fingerprint density at radius 3 is 2.85 bits per heavy atom. The minimum atomic E-state index is -0.891. The summed E-state index contributed by atoms with van der Waals surface area (Å²) in [6.07, 6.45) is 6.79. The highest BCUT2D eigenvalue weighted by molar-refractivity contribution is 5.81. The van der Waals surface area contributed by atoms with Crippen molar-refractivity contribution in [3.8, 4) is 0 Å². The zero-order chi connectivity index (χ0) is 9.90. The summed E-state index contributed by atoms with van der Waals surface area (Å²) in [7, 11) is 1.31. The third-order valence-corrected chi connectivity index (χ3v) is 2.21. The van der Waals surface area contributed by atoms with Crippen LogP contribution in [0.3, 0.4) is 0 Å². The Bertz CT molecular complexity index is 314. The standard InChI is InChI=1S/C9H11N2O2/c1-9(8(12)13-2)6-4-3-5-7(9)11-10/h3-7H,1-2H3/q+1. The first kappa shape index (κ1) is 9.46. The van der Waals surface area contributed by atoms with Crippen LogP contribution in [0.25, 0.3) is 4.98 Å². The highest BCUT2D eigenvalue weighted by Gasteiger charge is 2.49. The summed E-state index contributed by atoms with van der Waals surface area (Å²) in [6, 6.07) is -0.565. The maximum Gasteiger partial charge on any atom is 0.351 e. The van der Waals surface area contributed by atoms with Crippen molar-refractivity contribution in [1.29, 1.82) is 5.39 Å². The Kier molecular flexibility index (Phi) is 2.47. The molecule has 1 aliphatic carbocycles. The molecule has 0 saturated heterocycles. The third-order valence-electron chi connectivity index (χ3n) is 2.21. The van der Waals surface area contributed by atoms with E-state index in [2.05, 4.69) is 9.71 Å². The number of carbonyl (C=O) groups is 1.